The first-order valence-electron chi connectivity index (χ1n) is 11.4. The molecule has 8 heteroatoms. The molecule has 1 aliphatic heterocycles. The van der Waals surface area contributed by atoms with Crippen LogP contribution in [0.3, 0.4) is 0 Å². The van der Waals surface area contributed by atoms with Crippen LogP contribution in [0.4, 0.5) is 0 Å². The third kappa shape index (κ3) is 4.51. The predicted octanol–water partition coefficient (Wildman–Crippen LogP) is 2.11. The minimum absolute atomic E-state index is 0.272. The fraction of sp³-hybridized carbons (Fsp3) is 0.520. The van der Waals surface area contributed by atoms with Crippen molar-refractivity contribution in [3.8, 4) is 5.75 Å². The van der Waals surface area contributed by atoms with Crippen molar-refractivity contribution < 1.29 is 35.0 Å². The summed E-state index contributed by atoms with van der Waals surface area (Å²) in [5.41, 5.74) is 1.50. The van der Waals surface area contributed by atoms with Crippen LogP contribution in [0.1, 0.15) is 48.2 Å². The van der Waals surface area contributed by atoms with Crippen molar-refractivity contribution in [3.05, 3.63) is 64.2 Å². The highest BCUT2D eigenvalue weighted by molar-refractivity contribution is 6.31. The number of halogens is 1. The summed E-state index contributed by atoms with van der Waals surface area (Å²) in [6, 6.07) is 12.1. The molecule has 2 aromatic carbocycles. The summed E-state index contributed by atoms with van der Waals surface area (Å²) in [5.74, 6) is 2.46. The average Bonchev–Trinajstić information content (AvgIpc) is 3.44. The van der Waals surface area contributed by atoms with E-state index in [9.17, 15) is 25.5 Å². The molecular formula is C25H29ClO7. The predicted molar refractivity (Wildman–Crippen MR) is 120 cm³/mol. The normalized spacial score (nSPS) is 36.3. The molecule has 3 fully saturated rings. The maximum atomic E-state index is 11.0. The number of rotatable bonds is 6. The van der Waals surface area contributed by atoms with Crippen molar-refractivity contribution in [2.24, 2.45) is 11.8 Å². The van der Waals surface area contributed by atoms with Gasteiger partial charge in [-0.1, -0.05) is 29.8 Å². The van der Waals surface area contributed by atoms with Gasteiger partial charge >= 0.3 is 0 Å². The van der Waals surface area contributed by atoms with E-state index >= 15 is 0 Å². The Morgan fingerprint density at radius 2 is 1.64 bits per heavy atom. The maximum Gasteiger partial charge on any atom is 0.119 e. The van der Waals surface area contributed by atoms with Crippen LogP contribution in [0.15, 0.2) is 42.5 Å². The van der Waals surface area contributed by atoms with Gasteiger partial charge in [-0.3, -0.25) is 0 Å². The van der Waals surface area contributed by atoms with Crippen molar-refractivity contribution in [2.75, 3.05) is 6.61 Å². The Balaban J connectivity index is 1.33. The van der Waals surface area contributed by atoms with Gasteiger partial charge in [-0.15, -0.1) is 0 Å². The van der Waals surface area contributed by atoms with E-state index < -0.39 is 43.2 Å². The van der Waals surface area contributed by atoms with E-state index in [0.29, 0.717) is 21.7 Å². The summed E-state index contributed by atoms with van der Waals surface area (Å²) >= 11 is 6.37. The highest BCUT2D eigenvalue weighted by Gasteiger charge is 2.47. The number of aliphatic hydroxyl groups excluding tert-OH is 5. The fourth-order valence-electron chi connectivity index (χ4n) is 5.18. The van der Waals surface area contributed by atoms with Crippen LogP contribution < -0.4 is 4.74 Å². The minimum atomic E-state index is -1.48. The molecule has 2 unspecified atom stereocenters. The van der Waals surface area contributed by atoms with Crippen molar-refractivity contribution in [1.82, 2.24) is 0 Å². The Hall–Kier alpha value is -1.71. The molecule has 1 heterocycles. The molecule has 7 nitrogen and oxygen atoms in total. The van der Waals surface area contributed by atoms with Crippen molar-refractivity contribution in [2.45, 2.75) is 62.0 Å². The summed E-state index contributed by atoms with van der Waals surface area (Å²) < 4.78 is 11.7. The molecule has 0 spiro atoms. The second kappa shape index (κ2) is 9.15. The van der Waals surface area contributed by atoms with Gasteiger partial charge in [-0.2, -0.15) is 0 Å². The summed E-state index contributed by atoms with van der Waals surface area (Å²) in [6.07, 6.45) is -3.53. The Labute approximate surface area is 197 Å². The molecule has 0 aromatic heterocycles. The van der Waals surface area contributed by atoms with Crippen LogP contribution in [0.5, 0.6) is 5.75 Å². The van der Waals surface area contributed by atoms with Crippen LogP contribution in [0.25, 0.3) is 0 Å². The molecular weight excluding hydrogens is 448 g/mol. The average molecular weight is 477 g/mol. The molecule has 5 N–H and O–H groups in total. The molecule has 2 aliphatic carbocycles. The van der Waals surface area contributed by atoms with E-state index in [2.05, 4.69) is 0 Å². The largest absolute Gasteiger partial charge is 0.490 e. The fourth-order valence-corrected chi connectivity index (χ4v) is 5.40. The third-order valence-corrected chi connectivity index (χ3v) is 7.58. The van der Waals surface area contributed by atoms with Crippen LogP contribution in [0, 0.1) is 11.8 Å². The molecule has 0 bridgehead atoms. The Morgan fingerprint density at radius 1 is 0.939 bits per heavy atom. The molecule has 33 heavy (non-hydrogen) atoms. The number of hydrogen-bond acceptors (Lipinski definition) is 7. The van der Waals surface area contributed by atoms with Gasteiger partial charge in [0.1, 0.15) is 42.4 Å². The third-order valence-electron chi connectivity index (χ3n) is 7.23. The number of aliphatic hydroxyl groups is 5. The summed E-state index contributed by atoms with van der Waals surface area (Å²) in [6.45, 7) is -0.513. The first-order valence-corrected chi connectivity index (χ1v) is 11.8. The molecule has 3 aliphatic rings. The summed E-state index contributed by atoms with van der Waals surface area (Å²) in [5, 5.41) is 51.3. The van der Waals surface area contributed by atoms with Gasteiger partial charge in [-0.25, -0.2) is 0 Å². The lowest BCUT2D eigenvalue weighted by Gasteiger charge is -2.40. The summed E-state index contributed by atoms with van der Waals surface area (Å²) in [4.78, 5) is 0. The quantitative estimate of drug-likeness (QED) is 0.433. The van der Waals surface area contributed by atoms with E-state index in [1.54, 1.807) is 30.3 Å². The van der Waals surface area contributed by atoms with E-state index in [-0.39, 0.29) is 6.10 Å². The lowest BCUT2D eigenvalue weighted by molar-refractivity contribution is -0.231. The van der Waals surface area contributed by atoms with Gasteiger partial charge in [-0.05, 0) is 66.5 Å². The highest BCUT2D eigenvalue weighted by atomic mass is 35.5. The van der Waals surface area contributed by atoms with Crippen LogP contribution in [-0.4, -0.2) is 62.7 Å². The molecule has 2 saturated carbocycles. The van der Waals surface area contributed by atoms with Crippen molar-refractivity contribution in [1.29, 1.82) is 0 Å². The smallest absolute Gasteiger partial charge is 0.119 e. The van der Waals surface area contributed by atoms with E-state index in [1.165, 1.54) is 6.42 Å². The monoisotopic (exact) mass is 476 g/mol. The molecule has 9 atom stereocenters. The lowest BCUT2D eigenvalue weighted by Crippen LogP contribution is -2.55. The second-order valence-corrected chi connectivity index (χ2v) is 9.88. The Bertz CT molecular complexity index is 971. The number of ether oxygens (including phenoxy) is 2. The van der Waals surface area contributed by atoms with Crippen LogP contribution in [0.2, 0.25) is 5.02 Å². The van der Waals surface area contributed by atoms with Gasteiger partial charge in [0.15, 0.2) is 0 Å². The van der Waals surface area contributed by atoms with E-state index in [1.807, 2.05) is 12.1 Å². The SMILES string of the molecule is OC[C@H]1O[C@@H](c2ccc(Cl)c(C(O)c3ccc(OC4C[C@@H]5C[C@@H]5C4)cc3)c2)[C@H](O)[C@@H](O)[C@@H]1O. The standard InChI is InChI=1S/C25H29ClO7/c26-19-6-3-13(25-24(31)23(30)22(29)20(11-27)33-25)10-18(19)21(28)12-1-4-16(5-2-12)32-17-8-14-7-15(14)9-17/h1-6,10,14-15,17,20-25,27-31H,7-9,11H2/t14-,15+,17?,20-,21?,22-,23+,24-,25+/m1/s1. The second-order valence-electron chi connectivity index (χ2n) is 9.47. The van der Waals surface area contributed by atoms with Crippen LogP contribution in [-0.2, 0) is 4.74 Å². The van der Waals surface area contributed by atoms with Crippen LogP contribution >= 0.6 is 11.6 Å². The Kier molecular flexibility index (Phi) is 6.39. The van der Waals surface area contributed by atoms with Gasteiger partial charge < -0.3 is 35.0 Å². The zero-order valence-corrected chi connectivity index (χ0v) is 18.8. The van der Waals surface area contributed by atoms with E-state index in [4.69, 9.17) is 21.1 Å². The highest BCUT2D eigenvalue weighted by Crippen LogP contribution is 2.52. The Morgan fingerprint density at radius 3 is 2.30 bits per heavy atom. The van der Waals surface area contributed by atoms with Gasteiger partial charge in [0.25, 0.3) is 0 Å². The molecule has 1 saturated heterocycles. The zero-order chi connectivity index (χ0) is 23.3. The lowest BCUT2D eigenvalue weighted by atomic mass is 9.89. The molecule has 178 valence electrons. The van der Waals surface area contributed by atoms with Gasteiger partial charge in [0.05, 0.1) is 12.7 Å². The number of benzene rings is 2. The van der Waals surface area contributed by atoms with Gasteiger partial charge in [0.2, 0.25) is 0 Å². The zero-order valence-electron chi connectivity index (χ0n) is 18.0. The molecule has 0 amide bonds. The van der Waals surface area contributed by atoms with Crippen molar-refractivity contribution in [3.63, 3.8) is 0 Å². The van der Waals surface area contributed by atoms with Crippen molar-refractivity contribution >= 4 is 11.6 Å². The first-order chi connectivity index (χ1) is 15.9. The molecule has 5 rings (SSSR count). The minimum Gasteiger partial charge on any atom is -0.490 e. The summed E-state index contributed by atoms with van der Waals surface area (Å²) in [7, 11) is 0. The topological polar surface area (TPSA) is 120 Å². The number of fused-ring (bicyclic) bond motifs is 1. The molecule has 2 aromatic rings. The van der Waals surface area contributed by atoms with E-state index in [0.717, 1.165) is 30.4 Å². The number of hydrogen-bond donors (Lipinski definition) is 5. The molecule has 0 radical (unpaired) electrons. The maximum absolute atomic E-state index is 11.0. The van der Waals surface area contributed by atoms with Gasteiger partial charge in [0, 0.05) is 10.6 Å². The first kappa shape index (κ1) is 23.1.